The van der Waals surface area contributed by atoms with E-state index in [1.807, 2.05) is 12.4 Å². The monoisotopic (exact) mass is 192 g/mol. The molecule has 1 aliphatic rings. The Morgan fingerprint density at radius 1 is 1.57 bits per heavy atom. The number of aliphatic hydroxyl groups excluding tert-OH is 1. The standard InChI is InChI=1S/C11H16N2O/c1-9-4-10(6-12-5-9)7-13-3-2-11(14)8-13/h4-6,11,14H,2-3,7-8H2,1H3/t11-/m1/s1. The summed E-state index contributed by atoms with van der Waals surface area (Å²) in [7, 11) is 0. The first kappa shape index (κ1) is 9.62. The third kappa shape index (κ3) is 2.30. The van der Waals surface area contributed by atoms with Crippen LogP contribution in [0.2, 0.25) is 0 Å². The molecular formula is C11H16N2O. The fourth-order valence-corrected chi connectivity index (χ4v) is 1.92. The van der Waals surface area contributed by atoms with Gasteiger partial charge in [0.1, 0.15) is 0 Å². The van der Waals surface area contributed by atoms with Crippen LogP contribution in [0.3, 0.4) is 0 Å². The van der Waals surface area contributed by atoms with Crippen LogP contribution in [0.5, 0.6) is 0 Å². The normalized spacial score (nSPS) is 22.9. The molecule has 1 saturated heterocycles. The maximum atomic E-state index is 9.37. The zero-order chi connectivity index (χ0) is 9.97. The van der Waals surface area contributed by atoms with Crippen LogP contribution in [-0.4, -0.2) is 34.2 Å². The van der Waals surface area contributed by atoms with Crippen molar-refractivity contribution in [3.05, 3.63) is 29.6 Å². The van der Waals surface area contributed by atoms with E-state index in [0.717, 1.165) is 26.1 Å². The van der Waals surface area contributed by atoms with Crippen molar-refractivity contribution < 1.29 is 5.11 Å². The molecule has 3 heteroatoms. The Labute approximate surface area is 84.4 Å². The van der Waals surface area contributed by atoms with Crippen molar-refractivity contribution in [2.75, 3.05) is 13.1 Å². The van der Waals surface area contributed by atoms with Crippen molar-refractivity contribution in [1.82, 2.24) is 9.88 Å². The molecule has 1 fully saturated rings. The van der Waals surface area contributed by atoms with E-state index in [1.165, 1.54) is 11.1 Å². The third-order valence-electron chi connectivity index (χ3n) is 2.59. The summed E-state index contributed by atoms with van der Waals surface area (Å²) < 4.78 is 0. The second-order valence-corrected chi connectivity index (χ2v) is 4.05. The summed E-state index contributed by atoms with van der Waals surface area (Å²) in [6.45, 7) is 4.75. The smallest absolute Gasteiger partial charge is 0.0679 e. The van der Waals surface area contributed by atoms with Gasteiger partial charge in [-0.05, 0) is 24.5 Å². The number of aryl methyl sites for hydroxylation is 1. The summed E-state index contributed by atoms with van der Waals surface area (Å²) in [6.07, 6.45) is 4.53. The number of aromatic nitrogens is 1. The van der Waals surface area contributed by atoms with Gasteiger partial charge in [-0.2, -0.15) is 0 Å². The molecule has 1 atom stereocenters. The molecule has 0 bridgehead atoms. The van der Waals surface area contributed by atoms with E-state index < -0.39 is 0 Å². The Bertz CT molecular complexity index is 314. The highest BCUT2D eigenvalue weighted by Gasteiger charge is 2.19. The number of likely N-dealkylation sites (tertiary alicyclic amines) is 1. The van der Waals surface area contributed by atoms with Gasteiger partial charge >= 0.3 is 0 Å². The largest absolute Gasteiger partial charge is 0.392 e. The number of nitrogens with zero attached hydrogens (tertiary/aromatic N) is 2. The van der Waals surface area contributed by atoms with Gasteiger partial charge in [0.2, 0.25) is 0 Å². The van der Waals surface area contributed by atoms with Gasteiger partial charge in [-0.3, -0.25) is 9.88 Å². The summed E-state index contributed by atoms with van der Waals surface area (Å²) in [5.74, 6) is 0. The summed E-state index contributed by atoms with van der Waals surface area (Å²) in [6, 6.07) is 2.15. The molecule has 3 nitrogen and oxygen atoms in total. The molecule has 1 aromatic heterocycles. The Morgan fingerprint density at radius 2 is 2.43 bits per heavy atom. The number of pyridine rings is 1. The number of aliphatic hydroxyl groups is 1. The van der Waals surface area contributed by atoms with Gasteiger partial charge in [0.05, 0.1) is 6.10 Å². The molecule has 0 spiro atoms. The molecule has 0 aromatic carbocycles. The Morgan fingerprint density at radius 3 is 3.07 bits per heavy atom. The van der Waals surface area contributed by atoms with Crippen molar-refractivity contribution in [1.29, 1.82) is 0 Å². The number of rotatable bonds is 2. The summed E-state index contributed by atoms with van der Waals surface area (Å²) in [5, 5.41) is 9.37. The van der Waals surface area contributed by atoms with Crippen molar-refractivity contribution in [3.8, 4) is 0 Å². The maximum Gasteiger partial charge on any atom is 0.0679 e. The van der Waals surface area contributed by atoms with Crippen molar-refractivity contribution in [2.24, 2.45) is 0 Å². The van der Waals surface area contributed by atoms with Crippen LogP contribution in [0, 0.1) is 6.92 Å². The highest BCUT2D eigenvalue weighted by Crippen LogP contribution is 2.13. The average Bonchev–Trinajstić information content (AvgIpc) is 2.51. The summed E-state index contributed by atoms with van der Waals surface area (Å²) >= 11 is 0. The van der Waals surface area contributed by atoms with E-state index in [4.69, 9.17) is 0 Å². The fourth-order valence-electron chi connectivity index (χ4n) is 1.92. The molecule has 0 unspecified atom stereocenters. The van der Waals surface area contributed by atoms with Crippen LogP contribution in [0.25, 0.3) is 0 Å². The fraction of sp³-hybridized carbons (Fsp3) is 0.545. The number of β-amino-alcohol motifs (C(OH)–C–C–N with tert-alkyl or cyclic N) is 1. The molecule has 0 aliphatic carbocycles. The van der Waals surface area contributed by atoms with Crippen LogP contribution in [-0.2, 0) is 6.54 Å². The Hall–Kier alpha value is -0.930. The molecule has 1 aliphatic heterocycles. The minimum absolute atomic E-state index is 0.132. The van der Waals surface area contributed by atoms with Crippen molar-refractivity contribution in [2.45, 2.75) is 26.0 Å². The highest BCUT2D eigenvalue weighted by atomic mass is 16.3. The number of hydrogen-bond acceptors (Lipinski definition) is 3. The molecule has 1 N–H and O–H groups in total. The maximum absolute atomic E-state index is 9.37. The van der Waals surface area contributed by atoms with E-state index in [9.17, 15) is 5.11 Å². The molecular weight excluding hydrogens is 176 g/mol. The first-order valence-electron chi connectivity index (χ1n) is 5.05. The molecule has 0 amide bonds. The first-order valence-corrected chi connectivity index (χ1v) is 5.05. The van der Waals surface area contributed by atoms with Crippen LogP contribution >= 0.6 is 0 Å². The Balaban J connectivity index is 1.97. The molecule has 2 heterocycles. The highest BCUT2D eigenvalue weighted by molar-refractivity contribution is 5.16. The van der Waals surface area contributed by atoms with Gasteiger partial charge in [0.25, 0.3) is 0 Å². The predicted octanol–water partition coefficient (Wildman–Crippen LogP) is 0.957. The van der Waals surface area contributed by atoms with Gasteiger partial charge in [0.15, 0.2) is 0 Å². The van der Waals surface area contributed by atoms with Gasteiger partial charge in [-0.15, -0.1) is 0 Å². The third-order valence-corrected chi connectivity index (χ3v) is 2.59. The van der Waals surface area contributed by atoms with Crippen molar-refractivity contribution in [3.63, 3.8) is 0 Å². The van der Waals surface area contributed by atoms with Crippen LogP contribution in [0.1, 0.15) is 17.5 Å². The van der Waals surface area contributed by atoms with Crippen LogP contribution in [0.4, 0.5) is 0 Å². The van der Waals surface area contributed by atoms with E-state index in [2.05, 4.69) is 22.9 Å². The lowest BCUT2D eigenvalue weighted by molar-refractivity contribution is 0.174. The molecule has 2 rings (SSSR count). The molecule has 14 heavy (non-hydrogen) atoms. The molecule has 0 saturated carbocycles. The van der Waals surface area contributed by atoms with E-state index in [-0.39, 0.29) is 6.10 Å². The predicted molar refractivity (Wildman–Crippen MR) is 54.9 cm³/mol. The lowest BCUT2D eigenvalue weighted by Gasteiger charge is -2.14. The van der Waals surface area contributed by atoms with Gasteiger partial charge in [0, 0.05) is 32.0 Å². The quantitative estimate of drug-likeness (QED) is 0.758. The first-order chi connectivity index (χ1) is 6.74. The summed E-state index contributed by atoms with van der Waals surface area (Å²) in [5.41, 5.74) is 2.43. The zero-order valence-electron chi connectivity index (χ0n) is 8.48. The van der Waals surface area contributed by atoms with Crippen molar-refractivity contribution >= 4 is 0 Å². The molecule has 0 radical (unpaired) electrons. The SMILES string of the molecule is Cc1cncc(CN2CC[C@@H](O)C2)c1. The van der Waals surface area contributed by atoms with Crippen LogP contribution < -0.4 is 0 Å². The van der Waals surface area contributed by atoms with Crippen LogP contribution in [0.15, 0.2) is 18.5 Å². The Kier molecular flexibility index (Phi) is 2.79. The lowest BCUT2D eigenvalue weighted by Crippen LogP contribution is -2.21. The topological polar surface area (TPSA) is 36.4 Å². The second-order valence-electron chi connectivity index (χ2n) is 4.05. The average molecular weight is 192 g/mol. The summed E-state index contributed by atoms with van der Waals surface area (Å²) in [4.78, 5) is 6.42. The van der Waals surface area contributed by atoms with Gasteiger partial charge in [-0.25, -0.2) is 0 Å². The van der Waals surface area contributed by atoms with E-state index >= 15 is 0 Å². The molecule has 76 valence electrons. The molecule has 1 aromatic rings. The van der Waals surface area contributed by atoms with Gasteiger partial charge in [-0.1, -0.05) is 6.07 Å². The van der Waals surface area contributed by atoms with E-state index in [0.29, 0.717) is 0 Å². The van der Waals surface area contributed by atoms with E-state index in [1.54, 1.807) is 0 Å². The lowest BCUT2D eigenvalue weighted by atomic mass is 10.2. The van der Waals surface area contributed by atoms with Gasteiger partial charge < -0.3 is 5.11 Å². The second kappa shape index (κ2) is 4.07. The minimum Gasteiger partial charge on any atom is -0.392 e. The minimum atomic E-state index is -0.132. The number of hydrogen-bond donors (Lipinski definition) is 1. The zero-order valence-corrected chi connectivity index (χ0v) is 8.48.